The molecule has 1 amide bonds. The Hall–Kier alpha value is -0.610. The average Bonchev–Trinajstić information content (AvgIpc) is 2.38. The van der Waals surface area contributed by atoms with E-state index in [4.69, 9.17) is 9.84 Å². The Kier molecular flexibility index (Phi) is 7.21. The first-order chi connectivity index (χ1) is 8.27. The second kappa shape index (κ2) is 8.48. The summed E-state index contributed by atoms with van der Waals surface area (Å²) in [5.41, 5.74) is 0. The van der Waals surface area contributed by atoms with Crippen LogP contribution in [0.25, 0.3) is 0 Å². The van der Waals surface area contributed by atoms with Crippen LogP contribution in [0.5, 0.6) is 0 Å². The van der Waals surface area contributed by atoms with Crippen molar-refractivity contribution in [3.8, 4) is 0 Å². The number of aliphatic hydroxyl groups is 1. The largest absolute Gasteiger partial charge is 0.396 e. The number of nitrogens with zero attached hydrogens (tertiary/aromatic N) is 1. The van der Waals surface area contributed by atoms with Crippen molar-refractivity contribution < 1.29 is 14.6 Å². The molecule has 1 atom stereocenters. The SMILES string of the molecule is CCCCCOCC(=O)N1CCCC(CO)C1. The molecule has 1 rings (SSSR count). The van der Waals surface area contributed by atoms with Gasteiger partial charge < -0.3 is 14.7 Å². The smallest absolute Gasteiger partial charge is 0.248 e. The van der Waals surface area contributed by atoms with Crippen LogP contribution >= 0.6 is 0 Å². The van der Waals surface area contributed by atoms with Gasteiger partial charge in [-0.2, -0.15) is 0 Å². The zero-order chi connectivity index (χ0) is 12.5. The highest BCUT2D eigenvalue weighted by atomic mass is 16.5. The molecule has 0 saturated carbocycles. The van der Waals surface area contributed by atoms with Crippen molar-refractivity contribution >= 4 is 5.91 Å². The van der Waals surface area contributed by atoms with Crippen LogP contribution in [0.2, 0.25) is 0 Å². The topological polar surface area (TPSA) is 49.8 Å². The highest BCUT2D eigenvalue weighted by Gasteiger charge is 2.22. The predicted octanol–water partition coefficient (Wildman–Crippen LogP) is 1.42. The van der Waals surface area contributed by atoms with E-state index in [1.165, 1.54) is 6.42 Å². The lowest BCUT2D eigenvalue weighted by molar-refractivity contribution is -0.138. The molecule has 0 aliphatic carbocycles. The Morgan fingerprint density at radius 2 is 2.29 bits per heavy atom. The summed E-state index contributed by atoms with van der Waals surface area (Å²) >= 11 is 0. The van der Waals surface area contributed by atoms with E-state index in [1.54, 1.807) is 0 Å². The summed E-state index contributed by atoms with van der Waals surface area (Å²) in [6.45, 7) is 4.70. The van der Waals surface area contributed by atoms with E-state index in [-0.39, 0.29) is 25.0 Å². The minimum atomic E-state index is 0.0691. The van der Waals surface area contributed by atoms with E-state index >= 15 is 0 Å². The van der Waals surface area contributed by atoms with Gasteiger partial charge in [-0.25, -0.2) is 0 Å². The maximum Gasteiger partial charge on any atom is 0.248 e. The zero-order valence-corrected chi connectivity index (χ0v) is 10.9. The molecule has 1 saturated heterocycles. The van der Waals surface area contributed by atoms with Crippen LogP contribution in [0.1, 0.15) is 39.0 Å². The second-order valence-electron chi connectivity index (χ2n) is 4.79. The minimum absolute atomic E-state index is 0.0691. The van der Waals surface area contributed by atoms with Crippen molar-refractivity contribution in [2.24, 2.45) is 5.92 Å². The normalized spacial score (nSPS) is 20.6. The number of unbranched alkanes of at least 4 members (excludes halogenated alkanes) is 2. The first kappa shape index (κ1) is 14.5. The molecule has 0 spiro atoms. The standard InChI is InChI=1S/C13H25NO3/c1-2-3-4-8-17-11-13(16)14-7-5-6-12(9-14)10-15/h12,15H,2-11H2,1H3. The van der Waals surface area contributed by atoms with Crippen LogP contribution in [0.15, 0.2) is 0 Å². The quantitative estimate of drug-likeness (QED) is 0.688. The van der Waals surface area contributed by atoms with Gasteiger partial charge in [0.25, 0.3) is 0 Å². The van der Waals surface area contributed by atoms with Crippen molar-refractivity contribution in [2.45, 2.75) is 39.0 Å². The first-order valence-electron chi connectivity index (χ1n) is 6.74. The Morgan fingerprint density at radius 3 is 3.00 bits per heavy atom. The van der Waals surface area contributed by atoms with Gasteiger partial charge in [0.2, 0.25) is 5.91 Å². The molecule has 0 bridgehead atoms. The molecular formula is C13H25NO3. The average molecular weight is 243 g/mol. The molecule has 0 aromatic rings. The molecule has 17 heavy (non-hydrogen) atoms. The summed E-state index contributed by atoms with van der Waals surface area (Å²) in [5, 5.41) is 9.09. The molecule has 0 aromatic heterocycles. The number of piperidine rings is 1. The number of amides is 1. The third kappa shape index (κ3) is 5.50. The van der Waals surface area contributed by atoms with Crippen LogP contribution < -0.4 is 0 Å². The minimum Gasteiger partial charge on any atom is -0.396 e. The number of carbonyl (C=O) groups excluding carboxylic acids is 1. The molecule has 1 aliphatic heterocycles. The number of carbonyl (C=O) groups is 1. The van der Waals surface area contributed by atoms with E-state index in [0.717, 1.165) is 32.2 Å². The first-order valence-corrected chi connectivity index (χ1v) is 6.74. The molecule has 1 aliphatic rings. The molecule has 100 valence electrons. The Morgan fingerprint density at radius 1 is 1.47 bits per heavy atom. The van der Waals surface area contributed by atoms with E-state index in [9.17, 15) is 4.79 Å². The van der Waals surface area contributed by atoms with Gasteiger partial charge in [0, 0.05) is 26.3 Å². The molecule has 1 unspecified atom stereocenters. The Balaban J connectivity index is 2.14. The van der Waals surface area contributed by atoms with Gasteiger partial charge in [-0.3, -0.25) is 4.79 Å². The summed E-state index contributed by atoms with van der Waals surface area (Å²) < 4.78 is 5.37. The third-order valence-corrected chi connectivity index (χ3v) is 3.25. The van der Waals surface area contributed by atoms with Gasteiger partial charge in [0.1, 0.15) is 6.61 Å². The highest BCUT2D eigenvalue weighted by Crippen LogP contribution is 2.15. The van der Waals surface area contributed by atoms with Gasteiger partial charge >= 0.3 is 0 Å². The monoisotopic (exact) mass is 243 g/mol. The summed E-state index contributed by atoms with van der Waals surface area (Å²) in [4.78, 5) is 13.6. The van der Waals surface area contributed by atoms with Gasteiger partial charge in [0.15, 0.2) is 0 Å². The van der Waals surface area contributed by atoms with Crippen molar-refractivity contribution in [3.05, 3.63) is 0 Å². The summed E-state index contributed by atoms with van der Waals surface area (Å²) in [6, 6.07) is 0. The number of likely N-dealkylation sites (tertiary alicyclic amines) is 1. The molecule has 0 aromatic carbocycles. The molecular weight excluding hydrogens is 218 g/mol. The fourth-order valence-electron chi connectivity index (χ4n) is 2.15. The maximum atomic E-state index is 11.8. The zero-order valence-electron chi connectivity index (χ0n) is 10.9. The van der Waals surface area contributed by atoms with E-state index in [1.807, 2.05) is 4.90 Å². The highest BCUT2D eigenvalue weighted by molar-refractivity contribution is 5.77. The van der Waals surface area contributed by atoms with Gasteiger partial charge in [-0.05, 0) is 25.2 Å². The maximum absolute atomic E-state index is 11.8. The Bertz CT molecular complexity index is 221. The number of hydrogen-bond acceptors (Lipinski definition) is 3. The predicted molar refractivity (Wildman–Crippen MR) is 66.7 cm³/mol. The third-order valence-electron chi connectivity index (χ3n) is 3.25. The number of hydrogen-bond donors (Lipinski definition) is 1. The summed E-state index contributed by atoms with van der Waals surface area (Å²) in [5.74, 6) is 0.326. The van der Waals surface area contributed by atoms with Gasteiger partial charge in [0.05, 0.1) is 0 Å². The van der Waals surface area contributed by atoms with Gasteiger partial charge in [-0.15, -0.1) is 0 Å². The van der Waals surface area contributed by atoms with Gasteiger partial charge in [-0.1, -0.05) is 19.8 Å². The molecule has 0 radical (unpaired) electrons. The summed E-state index contributed by atoms with van der Waals surface area (Å²) in [7, 11) is 0. The molecule has 1 fully saturated rings. The van der Waals surface area contributed by atoms with Crippen molar-refractivity contribution in [1.29, 1.82) is 0 Å². The van der Waals surface area contributed by atoms with E-state index < -0.39 is 0 Å². The van der Waals surface area contributed by atoms with Crippen molar-refractivity contribution in [3.63, 3.8) is 0 Å². The lowest BCUT2D eigenvalue weighted by atomic mass is 9.99. The molecule has 4 heteroatoms. The van der Waals surface area contributed by atoms with Crippen LogP contribution in [-0.2, 0) is 9.53 Å². The molecule has 4 nitrogen and oxygen atoms in total. The lowest BCUT2D eigenvalue weighted by Crippen LogP contribution is -2.42. The fraction of sp³-hybridized carbons (Fsp3) is 0.923. The van der Waals surface area contributed by atoms with Crippen LogP contribution in [0.4, 0.5) is 0 Å². The van der Waals surface area contributed by atoms with E-state index in [0.29, 0.717) is 13.2 Å². The lowest BCUT2D eigenvalue weighted by Gasteiger charge is -2.31. The summed E-state index contributed by atoms with van der Waals surface area (Å²) in [6.07, 6.45) is 5.37. The molecule has 1 heterocycles. The van der Waals surface area contributed by atoms with Crippen LogP contribution in [0.3, 0.4) is 0 Å². The number of ether oxygens (including phenoxy) is 1. The number of aliphatic hydroxyl groups excluding tert-OH is 1. The Labute approximate surface area is 104 Å². The van der Waals surface area contributed by atoms with E-state index in [2.05, 4.69) is 6.92 Å². The van der Waals surface area contributed by atoms with Crippen molar-refractivity contribution in [1.82, 2.24) is 4.90 Å². The van der Waals surface area contributed by atoms with Crippen LogP contribution in [0, 0.1) is 5.92 Å². The fourth-order valence-corrected chi connectivity index (χ4v) is 2.15. The second-order valence-corrected chi connectivity index (χ2v) is 4.79. The van der Waals surface area contributed by atoms with Crippen molar-refractivity contribution in [2.75, 3.05) is 32.9 Å². The van der Waals surface area contributed by atoms with Crippen LogP contribution in [-0.4, -0.2) is 48.8 Å². The number of rotatable bonds is 7. The molecule has 1 N–H and O–H groups in total.